The molecule has 2 aromatic carbocycles. The number of allylic oxidation sites excluding steroid dienone is 1. The maximum absolute atomic E-state index is 12.5. The van der Waals surface area contributed by atoms with Gasteiger partial charge in [0, 0.05) is 11.6 Å². The number of thioether (sulfide) groups is 1. The van der Waals surface area contributed by atoms with Crippen LogP contribution in [0.1, 0.15) is 34.8 Å². The van der Waals surface area contributed by atoms with Crippen LogP contribution in [-0.4, -0.2) is 32.3 Å². The van der Waals surface area contributed by atoms with Crippen LogP contribution in [0, 0.1) is 6.92 Å². The second kappa shape index (κ2) is 11.0. The second-order valence-corrected chi connectivity index (χ2v) is 8.51. The Morgan fingerprint density at radius 3 is 2.76 bits per heavy atom. The van der Waals surface area contributed by atoms with Crippen molar-refractivity contribution in [2.24, 2.45) is 5.73 Å². The number of aryl methyl sites for hydroxylation is 1. The Balaban J connectivity index is 1.70. The lowest BCUT2D eigenvalue weighted by molar-refractivity contribution is -0.113. The molecule has 0 saturated carbocycles. The number of aromatic nitrogens is 3. The molecule has 10 heteroatoms. The molecular formula is C23H24ClN5O3S. The number of carbonyl (C=O) groups is 2. The molecule has 1 unspecified atom stereocenters. The SMILES string of the molecule is C=CCn1c(SCC(=O)Nc2ccccc2C(N)=O)nnc1C(C)Oc1ccc(Cl)c(C)c1. The van der Waals surface area contributed by atoms with E-state index >= 15 is 0 Å². The molecule has 2 amide bonds. The fraction of sp³-hybridized carbons (Fsp3) is 0.217. The van der Waals surface area contributed by atoms with Gasteiger partial charge in [-0.15, -0.1) is 16.8 Å². The van der Waals surface area contributed by atoms with E-state index in [-0.39, 0.29) is 17.2 Å². The summed E-state index contributed by atoms with van der Waals surface area (Å²) in [6, 6.07) is 12.0. The molecule has 0 saturated heterocycles. The van der Waals surface area contributed by atoms with Gasteiger partial charge in [0.05, 0.1) is 17.0 Å². The number of primary amides is 1. The van der Waals surface area contributed by atoms with Gasteiger partial charge in [-0.25, -0.2) is 0 Å². The topological polar surface area (TPSA) is 112 Å². The normalized spacial score (nSPS) is 11.6. The van der Waals surface area contributed by atoms with Gasteiger partial charge in [0.25, 0.3) is 5.91 Å². The zero-order chi connectivity index (χ0) is 24.0. The number of hydrogen-bond donors (Lipinski definition) is 2. The molecule has 0 aliphatic carbocycles. The average Bonchev–Trinajstić information content (AvgIpc) is 3.18. The van der Waals surface area contributed by atoms with Crippen molar-refractivity contribution in [3.8, 4) is 5.75 Å². The fourth-order valence-corrected chi connectivity index (χ4v) is 3.95. The zero-order valence-corrected chi connectivity index (χ0v) is 19.8. The van der Waals surface area contributed by atoms with E-state index in [2.05, 4.69) is 22.1 Å². The molecule has 8 nitrogen and oxygen atoms in total. The summed E-state index contributed by atoms with van der Waals surface area (Å²) in [5.41, 5.74) is 6.89. The molecule has 172 valence electrons. The molecule has 3 N–H and O–H groups in total. The van der Waals surface area contributed by atoms with Crippen molar-refractivity contribution in [2.45, 2.75) is 31.7 Å². The van der Waals surface area contributed by atoms with Gasteiger partial charge in [-0.05, 0) is 49.7 Å². The summed E-state index contributed by atoms with van der Waals surface area (Å²) in [5, 5.41) is 12.4. The Kier molecular flexibility index (Phi) is 8.13. The molecule has 0 aliphatic rings. The predicted molar refractivity (Wildman–Crippen MR) is 130 cm³/mol. The smallest absolute Gasteiger partial charge is 0.250 e. The summed E-state index contributed by atoms with van der Waals surface area (Å²) in [4.78, 5) is 24.0. The lowest BCUT2D eigenvalue weighted by Crippen LogP contribution is -2.19. The van der Waals surface area contributed by atoms with Crippen LogP contribution in [0.4, 0.5) is 5.69 Å². The van der Waals surface area contributed by atoms with E-state index in [1.54, 1.807) is 42.5 Å². The molecule has 1 aromatic heterocycles. The first kappa shape index (κ1) is 24.3. The first-order valence-electron chi connectivity index (χ1n) is 10.1. The number of benzene rings is 2. The number of ether oxygens (including phenoxy) is 1. The van der Waals surface area contributed by atoms with Crippen LogP contribution in [0.2, 0.25) is 5.02 Å². The van der Waals surface area contributed by atoms with E-state index in [1.807, 2.05) is 24.5 Å². The number of halogens is 1. The van der Waals surface area contributed by atoms with E-state index in [9.17, 15) is 9.59 Å². The fourth-order valence-electron chi connectivity index (χ4n) is 3.08. The minimum absolute atomic E-state index is 0.0635. The van der Waals surface area contributed by atoms with Crippen LogP contribution in [0.25, 0.3) is 0 Å². The molecule has 0 bridgehead atoms. The van der Waals surface area contributed by atoms with Crippen LogP contribution >= 0.6 is 23.4 Å². The van der Waals surface area contributed by atoms with Gasteiger partial charge in [-0.2, -0.15) is 0 Å². The Hall–Kier alpha value is -3.30. The number of nitrogens with two attached hydrogens (primary N) is 1. The molecule has 0 aliphatic heterocycles. The van der Waals surface area contributed by atoms with Gasteiger partial charge in [0.15, 0.2) is 17.1 Å². The van der Waals surface area contributed by atoms with Crippen LogP contribution in [0.3, 0.4) is 0 Å². The number of para-hydroxylation sites is 1. The van der Waals surface area contributed by atoms with Crippen LogP contribution in [-0.2, 0) is 11.3 Å². The highest BCUT2D eigenvalue weighted by Crippen LogP contribution is 2.27. The quantitative estimate of drug-likeness (QED) is 0.325. The van der Waals surface area contributed by atoms with Gasteiger partial charge in [0.2, 0.25) is 5.91 Å². The number of hydrogen-bond acceptors (Lipinski definition) is 6. The van der Waals surface area contributed by atoms with E-state index in [0.717, 1.165) is 5.56 Å². The van der Waals surface area contributed by atoms with Crippen LogP contribution < -0.4 is 15.8 Å². The minimum atomic E-state index is -0.612. The predicted octanol–water partition coefficient (Wildman–Crippen LogP) is 4.40. The third-order valence-corrected chi connectivity index (χ3v) is 6.05. The number of nitrogens with zero attached hydrogens (tertiary/aromatic N) is 3. The first-order chi connectivity index (χ1) is 15.8. The number of anilines is 1. The number of carbonyl (C=O) groups excluding carboxylic acids is 2. The highest BCUT2D eigenvalue weighted by molar-refractivity contribution is 7.99. The second-order valence-electron chi connectivity index (χ2n) is 7.16. The molecule has 3 aromatic rings. The molecule has 33 heavy (non-hydrogen) atoms. The molecule has 1 atom stereocenters. The van der Waals surface area contributed by atoms with Gasteiger partial charge in [0.1, 0.15) is 5.75 Å². The Bertz CT molecular complexity index is 1180. The molecule has 1 heterocycles. The summed E-state index contributed by atoms with van der Waals surface area (Å²) in [6.45, 7) is 8.02. The van der Waals surface area contributed by atoms with Gasteiger partial charge in [-0.1, -0.05) is 41.6 Å². The Morgan fingerprint density at radius 2 is 2.06 bits per heavy atom. The van der Waals surface area contributed by atoms with Crippen molar-refractivity contribution in [2.75, 3.05) is 11.1 Å². The molecule has 0 radical (unpaired) electrons. The third-order valence-electron chi connectivity index (χ3n) is 4.66. The van der Waals surface area contributed by atoms with Crippen molar-refractivity contribution in [3.05, 3.63) is 77.1 Å². The van der Waals surface area contributed by atoms with Gasteiger partial charge < -0.3 is 15.8 Å². The lowest BCUT2D eigenvalue weighted by Gasteiger charge is -2.16. The maximum atomic E-state index is 12.5. The monoisotopic (exact) mass is 485 g/mol. The van der Waals surface area contributed by atoms with E-state index in [4.69, 9.17) is 22.1 Å². The molecular weight excluding hydrogens is 462 g/mol. The van der Waals surface area contributed by atoms with Crippen molar-refractivity contribution in [1.82, 2.24) is 14.8 Å². The number of amides is 2. The van der Waals surface area contributed by atoms with Crippen molar-refractivity contribution >= 4 is 40.9 Å². The molecule has 3 rings (SSSR count). The zero-order valence-electron chi connectivity index (χ0n) is 18.2. The summed E-state index contributed by atoms with van der Waals surface area (Å²) in [7, 11) is 0. The lowest BCUT2D eigenvalue weighted by atomic mass is 10.1. The largest absolute Gasteiger partial charge is 0.483 e. The Labute approximate surface area is 201 Å². The number of rotatable bonds is 10. The van der Waals surface area contributed by atoms with E-state index in [0.29, 0.717) is 34.0 Å². The van der Waals surface area contributed by atoms with Crippen molar-refractivity contribution in [1.29, 1.82) is 0 Å². The number of nitrogens with one attached hydrogen (secondary N) is 1. The summed E-state index contributed by atoms with van der Waals surface area (Å²) in [5.74, 6) is 0.417. The summed E-state index contributed by atoms with van der Waals surface area (Å²) < 4.78 is 7.87. The molecule has 0 fully saturated rings. The van der Waals surface area contributed by atoms with E-state index < -0.39 is 12.0 Å². The Morgan fingerprint density at radius 1 is 1.30 bits per heavy atom. The highest BCUT2D eigenvalue weighted by atomic mass is 35.5. The minimum Gasteiger partial charge on any atom is -0.483 e. The first-order valence-corrected chi connectivity index (χ1v) is 11.4. The standard InChI is InChI=1S/C23H24ClN5O3S/c1-4-11-29-22(15(3)32-16-9-10-18(24)14(2)12-16)27-28-23(29)33-13-20(30)26-19-8-6-5-7-17(19)21(25)31/h4-10,12,15H,1,11,13H2,2-3H3,(H2,25,31)(H,26,30). The van der Waals surface area contributed by atoms with Crippen molar-refractivity contribution in [3.63, 3.8) is 0 Å². The van der Waals surface area contributed by atoms with Gasteiger partial charge in [-0.3, -0.25) is 14.2 Å². The third kappa shape index (κ3) is 6.15. The van der Waals surface area contributed by atoms with Crippen LogP contribution in [0.15, 0.2) is 60.3 Å². The maximum Gasteiger partial charge on any atom is 0.250 e. The van der Waals surface area contributed by atoms with Crippen LogP contribution in [0.5, 0.6) is 5.75 Å². The molecule has 0 spiro atoms. The van der Waals surface area contributed by atoms with Crippen molar-refractivity contribution < 1.29 is 14.3 Å². The average molecular weight is 486 g/mol. The summed E-state index contributed by atoms with van der Waals surface area (Å²) in [6.07, 6.45) is 1.32. The van der Waals surface area contributed by atoms with E-state index in [1.165, 1.54) is 11.8 Å². The summed E-state index contributed by atoms with van der Waals surface area (Å²) >= 11 is 7.31. The van der Waals surface area contributed by atoms with Gasteiger partial charge >= 0.3 is 0 Å². The highest BCUT2D eigenvalue weighted by Gasteiger charge is 2.20.